The van der Waals surface area contributed by atoms with E-state index in [-0.39, 0.29) is 24.5 Å². The second-order valence-corrected chi connectivity index (χ2v) is 10.1. The minimum atomic E-state index is -3.50. The molecule has 2 atom stereocenters. The number of carbonyl (C=O) groups excluding carboxylic acids is 1. The molecule has 0 saturated carbocycles. The lowest BCUT2D eigenvalue weighted by atomic mass is 9.90. The van der Waals surface area contributed by atoms with Gasteiger partial charge in [0.15, 0.2) is 0 Å². The molecule has 0 radical (unpaired) electrons. The maximum absolute atomic E-state index is 12.7. The molecular formula is C17H33NO6S. The zero-order valence-electron chi connectivity index (χ0n) is 16.7. The molecule has 1 heterocycles. The second kappa shape index (κ2) is 7.80. The van der Waals surface area contributed by atoms with Gasteiger partial charge in [-0.05, 0) is 52.9 Å². The molecule has 0 unspecified atom stereocenters. The highest BCUT2D eigenvalue weighted by Crippen LogP contribution is 2.33. The van der Waals surface area contributed by atoms with Crippen LogP contribution in [-0.4, -0.2) is 56.2 Å². The van der Waals surface area contributed by atoms with E-state index >= 15 is 0 Å². The Morgan fingerprint density at radius 1 is 1.32 bits per heavy atom. The Balaban J connectivity index is 2.90. The van der Waals surface area contributed by atoms with Crippen molar-refractivity contribution >= 4 is 16.2 Å². The molecule has 7 nitrogen and oxygen atoms in total. The number of amides is 1. The van der Waals surface area contributed by atoms with Crippen molar-refractivity contribution in [1.82, 2.24) is 4.90 Å². The van der Waals surface area contributed by atoms with E-state index in [1.807, 2.05) is 48.5 Å². The molecular weight excluding hydrogens is 346 g/mol. The average Bonchev–Trinajstić information content (AvgIpc) is 2.65. The molecule has 148 valence electrons. The molecule has 1 aliphatic rings. The van der Waals surface area contributed by atoms with Crippen molar-refractivity contribution in [1.29, 1.82) is 0 Å². The third kappa shape index (κ3) is 7.11. The van der Waals surface area contributed by atoms with Crippen molar-refractivity contribution in [3.05, 3.63) is 0 Å². The lowest BCUT2D eigenvalue weighted by molar-refractivity contribution is -0.0635. The Morgan fingerprint density at radius 3 is 2.32 bits per heavy atom. The summed E-state index contributed by atoms with van der Waals surface area (Å²) in [6.07, 6.45) is 1.20. The molecule has 0 aromatic rings. The van der Waals surface area contributed by atoms with Gasteiger partial charge >= 0.3 is 6.09 Å². The summed E-state index contributed by atoms with van der Waals surface area (Å²) < 4.78 is 38.9. The van der Waals surface area contributed by atoms with Gasteiger partial charge in [0.1, 0.15) is 11.3 Å². The first-order valence-corrected chi connectivity index (χ1v) is 10.4. The maximum Gasteiger partial charge on any atom is 0.412 e. The van der Waals surface area contributed by atoms with Crippen LogP contribution in [0.4, 0.5) is 4.79 Å². The highest BCUT2D eigenvalue weighted by molar-refractivity contribution is 7.85. The van der Waals surface area contributed by atoms with E-state index in [9.17, 15) is 13.2 Å². The fourth-order valence-corrected chi connectivity index (χ4v) is 3.25. The third-order valence-electron chi connectivity index (χ3n) is 4.18. The minimum Gasteiger partial charge on any atom is -0.444 e. The molecule has 1 rings (SSSR count). The molecule has 8 heteroatoms. The first kappa shape index (κ1) is 22.2. The van der Waals surface area contributed by atoms with Crippen molar-refractivity contribution < 1.29 is 26.9 Å². The molecule has 1 aliphatic heterocycles. The summed E-state index contributed by atoms with van der Waals surface area (Å²) in [7, 11) is -3.50. The first-order chi connectivity index (χ1) is 11.1. The van der Waals surface area contributed by atoms with Gasteiger partial charge in [-0.1, -0.05) is 13.8 Å². The zero-order valence-corrected chi connectivity index (χ0v) is 17.5. The molecule has 0 bridgehead atoms. The van der Waals surface area contributed by atoms with E-state index in [1.54, 1.807) is 4.90 Å². The van der Waals surface area contributed by atoms with Crippen molar-refractivity contribution in [2.45, 2.75) is 72.3 Å². The minimum absolute atomic E-state index is 0.0258. The molecule has 0 N–H and O–H groups in total. The summed E-state index contributed by atoms with van der Waals surface area (Å²) in [5.41, 5.74) is -1.37. The smallest absolute Gasteiger partial charge is 0.412 e. The van der Waals surface area contributed by atoms with Crippen LogP contribution >= 0.6 is 0 Å². The number of carbonyl (C=O) groups is 1. The topological polar surface area (TPSA) is 82.1 Å². The van der Waals surface area contributed by atoms with Crippen LogP contribution in [0.3, 0.4) is 0 Å². The average molecular weight is 380 g/mol. The van der Waals surface area contributed by atoms with Crippen molar-refractivity contribution in [2.24, 2.45) is 11.8 Å². The van der Waals surface area contributed by atoms with E-state index < -0.39 is 27.5 Å². The molecule has 0 spiro atoms. The lowest BCUT2D eigenvalue weighted by Crippen LogP contribution is -2.50. The largest absolute Gasteiger partial charge is 0.444 e. The van der Waals surface area contributed by atoms with Crippen molar-refractivity contribution in [2.75, 3.05) is 19.5 Å². The van der Waals surface area contributed by atoms with Crippen molar-refractivity contribution in [3.8, 4) is 0 Å². The summed E-state index contributed by atoms with van der Waals surface area (Å²) in [6, 6.07) is -0.194. The van der Waals surface area contributed by atoms with E-state index in [0.29, 0.717) is 13.0 Å². The highest BCUT2D eigenvalue weighted by Gasteiger charge is 2.46. The Morgan fingerprint density at radius 2 is 1.88 bits per heavy atom. The summed E-state index contributed by atoms with van der Waals surface area (Å²) in [6.45, 7) is 13.6. The fourth-order valence-electron chi connectivity index (χ4n) is 2.83. The Kier molecular flexibility index (Phi) is 6.92. The number of hydrogen-bond acceptors (Lipinski definition) is 6. The standard InChI is InChI=1S/C17H33NO6S/c1-12(2)13(10-23-25(8,20)21)9-14-11-22-17(6,7)18(14)15(19)24-16(3,4)5/h12-14H,9-11H2,1-8H3/t13-,14+/m1/s1. The number of hydrogen-bond donors (Lipinski definition) is 0. The van der Waals surface area contributed by atoms with Gasteiger partial charge in [0.05, 0.1) is 25.5 Å². The number of rotatable bonds is 6. The molecule has 0 aliphatic carbocycles. The van der Waals surface area contributed by atoms with Crippen LogP contribution < -0.4 is 0 Å². The van der Waals surface area contributed by atoms with E-state index in [2.05, 4.69) is 0 Å². The van der Waals surface area contributed by atoms with Crippen LogP contribution in [0.2, 0.25) is 0 Å². The van der Waals surface area contributed by atoms with Crippen LogP contribution in [0.25, 0.3) is 0 Å². The van der Waals surface area contributed by atoms with Gasteiger partial charge in [-0.15, -0.1) is 0 Å². The normalized spacial score (nSPS) is 22.3. The van der Waals surface area contributed by atoms with Gasteiger partial charge in [0.25, 0.3) is 10.1 Å². The van der Waals surface area contributed by atoms with Gasteiger partial charge in [-0.3, -0.25) is 9.08 Å². The maximum atomic E-state index is 12.7. The number of ether oxygens (including phenoxy) is 2. The SMILES string of the molecule is CC(C)[C@@H](COS(C)(=O)=O)C[C@H]1COC(C)(C)N1C(=O)OC(C)(C)C. The fraction of sp³-hybridized carbons (Fsp3) is 0.941. The first-order valence-electron chi connectivity index (χ1n) is 8.63. The van der Waals surface area contributed by atoms with Gasteiger partial charge < -0.3 is 9.47 Å². The number of nitrogens with zero attached hydrogens (tertiary/aromatic N) is 1. The van der Waals surface area contributed by atoms with Crippen LogP contribution in [-0.2, 0) is 23.8 Å². The second-order valence-electron chi connectivity index (χ2n) is 8.49. The van der Waals surface area contributed by atoms with E-state index in [4.69, 9.17) is 13.7 Å². The Labute approximate surface area is 152 Å². The summed E-state index contributed by atoms with van der Waals surface area (Å²) >= 11 is 0. The molecule has 1 amide bonds. The van der Waals surface area contributed by atoms with Gasteiger partial charge in [-0.25, -0.2) is 4.79 Å². The summed E-state index contributed by atoms with van der Waals surface area (Å²) in [4.78, 5) is 14.3. The third-order valence-corrected chi connectivity index (χ3v) is 4.74. The van der Waals surface area contributed by atoms with E-state index in [0.717, 1.165) is 6.26 Å². The van der Waals surface area contributed by atoms with E-state index in [1.165, 1.54) is 0 Å². The summed E-state index contributed by atoms with van der Waals surface area (Å²) in [5, 5.41) is 0. The van der Waals surface area contributed by atoms with Crippen LogP contribution in [0.5, 0.6) is 0 Å². The quantitative estimate of drug-likeness (QED) is 0.660. The van der Waals surface area contributed by atoms with Crippen LogP contribution in [0.15, 0.2) is 0 Å². The Hall–Kier alpha value is -0.860. The van der Waals surface area contributed by atoms with Crippen LogP contribution in [0.1, 0.15) is 54.9 Å². The summed E-state index contributed by atoms with van der Waals surface area (Å²) in [5.74, 6) is 0.174. The molecule has 0 aromatic carbocycles. The molecule has 25 heavy (non-hydrogen) atoms. The van der Waals surface area contributed by atoms with Gasteiger partial charge in [0, 0.05) is 0 Å². The zero-order chi connectivity index (χ0) is 19.6. The van der Waals surface area contributed by atoms with Crippen molar-refractivity contribution in [3.63, 3.8) is 0 Å². The predicted molar refractivity (Wildman–Crippen MR) is 95.6 cm³/mol. The van der Waals surface area contributed by atoms with Gasteiger partial charge in [-0.2, -0.15) is 8.42 Å². The van der Waals surface area contributed by atoms with Gasteiger partial charge in [0.2, 0.25) is 0 Å². The van der Waals surface area contributed by atoms with Crippen LogP contribution in [0, 0.1) is 11.8 Å². The Bertz CT molecular complexity index is 564. The lowest BCUT2D eigenvalue weighted by Gasteiger charge is -2.36. The molecule has 0 aromatic heterocycles. The monoisotopic (exact) mass is 379 g/mol. The molecule has 1 fully saturated rings. The molecule has 1 saturated heterocycles. The predicted octanol–water partition coefficient (Wildman–Crippen LogP) is 3.00. The highest BCUT2D eigenvalue weighted by atomic mass is 32.2.